The van der Waals surface area contributed by atoms with Crippen molar-refractivity contribution >= 4 is 17.5 Å². The van der Waals surface area contributed by atoms with E-state index in [1.165, 1.54) is 0 Å². The van der Waals surface area contributed by atoms with Crippen LogP contribution < -0.4 is 0 Å². The van der Waals surface area contributed by atoms with Crippen LogP contribution in [0.4, 0.5) is 0 Å². The SMILES string of the molecule is Cc1cc(CN2CCCN(C(=O)c3ccccc3Cl)CC2)no1. The molecule has 0 atom stereocenters. The van der Waals surface area contributed by atoms with Gasteiger partial charge in [-0.2, -0.15) is 0 Å². The maximum Gasteiger partial charge on any atom is 0.255 e. The minimum absolute atomic E-state index is 0.00901. The fraction of sp³-hybridized carbons (Fsp3) is 0.412. The first-order valence-electron chi connectivity index (χ1n) is 7.82. The summed E-state index contributed by atoms with van der Waals surface area (Å²) in [6.07, 6.45) is 0.938. The van der Waals surface area contributed by atoms with Crippen LogP contribution in [-0.4, -0.2) is 47.0 Å². The largest absolute Gasteiger partial charge is 0.361 e. The third-order valence-corrected chi connectivity index (χ3v) is 4.37. The van der Waals surface area contributed by atoms with Gasteiger partial charge in [-0.15, -0.1) is 0 Å². The molecule has 0 N–H and O–H groups in total. The van der Waals surface area contributed by atoms with Gasteiger partial charge in [-0.05, 0) is 25.5 Å². The molecule has 0 radical (unpaired) electrons. The summed E-state index contributed by atoms with van der Waals surface area (Å²) in [6.45, 7) is 5.86. The molecule has 0 bridgehead atoms. The van der Waals surface area contributed by atoms with Crippen molar-refractivity contribution in [3.63, 3.8) is 0 Å². The molecule has 1 amide bonds. The van der Waals surface area contributed by atoms with E-state index in [1.54, 1.807) is 12.1 Å². The van der Waals surface area contributed by atoms with Gasteiger partial charge >= 0.3 is 0 Å². The summed E-state index contributed by atoms with van der Waals surface area (Å²) in [4.78, 5) is 16.8. The maximum absolute atomic E-state index is 12.6. The van der Waals surface area contributed by atoms with Crippen molar-refractivity contribution in [2.45, 2.75) is 19.9 Å². The first kappa shape index (κ1) is 16.0. The number of aromatic nitrogens is 1. The normalized spacial score (nSPS) is 16.3. The van der Waals surface area contributed by atoms with E-state index in [-0.39, 0.29) is 5.91 Å². The van der Waals surface area contributed by atoms with Gasteiger partial charge in [-0.3, -0.25) is 9.69 Å². The zero-order valence-electron chi connectivity index (χ0n) is 13.2. The van der Waals surface area contributed by atoms with Crippen LogP contribution in [0.25, 0.3) is 0 Å². The van der Waals surface area contributed by atoms with Gasteiger partial charge < -0.3 is 9.42 Å². The minimum Gasteiger partial charge on any atom is -0.361 e. The lowest BCUT2D eigenvalue weighted by atomic mass is 10.2. The van der Waals surface area contributed by atoms with Gasteiger partial charge in [0.1, 0.15) is 5.76 Å². The molecular formula is C17H20ClN3O2. The highest BCUT2D eigenvalue weighted by molar-refractivity contribution is 6.33. The maximum atomic E-state index is 12.6. The second-order valence-electron chi connectivity index (χ2n) is 5.83. The Bertz CT molecular complexity index is 686. The minimum atomic E-state index is 0.00901. The number of carbonyl (C=O) groups excluding carboxylic acids is 1. The summed E-state index contributed by atoms with van der Waals surface area (Å²) in [6, 6.07) is 9.17. The summed E-state index contributed by atoms with van der Waals surface area (Å²) >= 11 is 6.14. The fourth-order valence-electron chi connectivity index (χ4n) is 2.86. The molecule has 1 aromatic carbocycles. The number of amides is 1. The Morgan fingerprint density at radius 2 is 2.09 bits per heavy atom. The van der Waals surface area contributed by atoms with Crippen LogP contribution in [0.3, 0.4) is 0 Å². The van der Waals surface area contributed by atoms with Crippen LogP contribution in [0.15, 0.2) is 34.9 Å². The smallest absolute Gasteiger partial charge is 0.255 e. The van der Waals surface area contributed by atoms with E-state index in [0.29, 0.717) is 17.1 Å². The highest BCUT2D eigenvalue weighted by Gasteiger charge is 2.22. The Labute approximate surface area is 140 Å². The van der Waals surface area contributed by atoms with Crippen LogP contribution >= 0.6 is 11.6 Å². The molecule has 23 heavy (non-hydrogen) atoms. The summed E-state index contributed by atoms with van der Waals surface area (Å²) in [5.41, 5.74) is 1.52. The lowest BCUT2D eigenvalue weighted by Gasteiger charge is -2.22. The van der Waals surface area contributed by atoms with Gasteiger partial charge in [0.25, 0.3) is 5.91 Å². The number of hydrogen-bond acceptors (Lipinski definition) is 4. The summed E-state index contributed by atoms with van der Waals surface area (Å²) < 4.78 is 5.11. The molecule has 0 aliphatic carbocycles. The number of benzene rings is 1. The zero-order chi connectivity index (χ0) is 16.2. The second-order valence-corrected chi connectivity index (χ2v) is 6.24. The molecule has 1 aliphatic rings. The molecule has 2 aromatic rings. The van der Waals surface area contributed by atoms with Crippen molar-refractivity contribution in [2.24, 2.45) is 0 Å². The monoisotopic (exact) mass is 333 g/mol. The molecule has 3 rings (SSSR count). The third kappa shape index (κ3) is 3.92. The van der Waals surface area contributed by atoms with Crippen LogP contribution in [0, 0.1) is 6.92 Å². The molecular weight excluding hydrogens is 314 g/mol. The molecule has 1 aromatic heterocycles. The molecule has 0 spiro atoms. The van der Waals surface area contributed by atoms with E-state index in [9.17, 15) is 4.79 Å². The molecule has 2 heterocycles. The number of hydrogen-bond donors (Lipinski definition) is 0. The van der Waals surface area contributed by atoms with Crippen molar-refractivity contribution in [1.82, 2.24) is 15.0 Å². The topological polar surface area (TPSA) is 49.6 Å². The Morgan fingerprint density at radius 3 is 2.83 bits per heavy atom. The number of rotatable bonds is 3. The molecule has 1 saturated heterocycles. The van der Waals surface area contributed by atoms with Gasteiger partial charge in [0, 0.05) is 38.8 Å². The lowest BCUT2D eigenvalue weighted by Crippen LogP contribution is -2.35. The molecule has 1 fully saturated rings. The predicted octanol–water partition coefficient (Wildman–Crippen LogP) is 2.98. The van der Waals surface area contributed by atoms with Crippen LogP contribution in [0.2, 0.25) is 5.02 Å². The van der Waals surface area contributed by atoms with E-state index in [0.717, 1.165) is 44.1 Å². The first-order valence-corrected chi connectivity index (χ1v) is 8.19. The molecule has 122 valence electrons. The molecule has 6 heteroatoms. The standard InChI is InChI=1S/C17H20ClN3O2/c1-13-11-14(19-23-13)12-20-7-4-8-21(10-9-20)17(22)15-5-2-3-6-16(15)18/h2-3,5-6,11H,4,7-10,12H2,1H3. The Hall–Kier alpha value is -1.85. The van der Waals surface area contributed by atoms with E-state index in [2.05, 4.69) is 10.1 Å². The molecule has 0 unspecified atom stereocenters. The highest BCUT2D eigenvalue weighted by atomic mass is 35.5. The summed E-state index contributed by atoms with van der Waals surface area (Å²) in [7, 11) is 0. The Morgan fingerprint density at radius 1 is 1.26 bits per heavy atom. The van der Waals surface area contributed by atoms with E-state index >= 15 is 0 Å². The number of nitrogens with zero attached hydrogens (tertiary/aromatic N) is 3. The van der Waals surface area contributed by atoms with Crippen LogP contribution in [0.1, 0.15) is 28.2 Å². The summed E-state index contributed by atoms with van der Waals surface area (Å²) in [5.74, 6) is 0.833. The fourth-order valence-corrected chi connectivity index (χ4v) is 3.08. The zero-order valence-corrected chi connectivity index (χ0v) is 13.9. The lowest BCUT2D eigenvalue weighted by molar-refractivity contribution is 0.0761. The Kier molecular flexibility index (Phi) is 4.98. The average Bonchev–Trinajstić information content (AvgIpc) is 2.81. The quantitative estimate of drug-likeness (QED) is 0.866. The summed E-state index contributed by atoms with van der Waals surface area (Å²) in [5, 5.41) is 4.55. The third-order valence-electron chi connectivity index (χ3n) is 4.04. The average molecular weight is 334 g/mol. The van der Waals surface area contributed by atoms with Gasteiger partial charge in [0.15, 0.2) is 0 Å². The van der Waals surface area contributed by atoms with Gasteiger partial charge in [0.2, 0.25) is 0 Å². The van der Waals surface area contributed by atoms with Gasteiger partial charge in [-0.25, -0.2) is 0 Å². The van der Waals surface area contributed by atoms with Crippen molar-refractivity contribution in [2.75, 3.05) is 26.2 Å². The molecule has 1 aliphatic heterocycles. The predicted molar refractivity (Wildman–Crippen MR) is 88.5 cm³/mol. The van der Waals surface area contributed by atoms with Crippen molar-refractivity contribution < 1.29 is 9.32 Å². The van der Waals surface area contributed by atoms with Crippen LogP contribution in [0.5, 0.6) is 0 Å². The number of carbonyl (C=O) groups is 1. The van der Waals surface area contributed by atoms with Gasteiger partial charge in [0.05, 0.1) is 16.3 Å². The van der Waals surface area contributed by atoms with E-state index < -0.39 is 0 Å². The molecule has 5 nitrogen and oxygen atoms in total. The second kappa shape index (κ2) is 7.15. The first-order chi connectivity index (χ1) is 11.1. The van der Waals surface area contributed by atoms with Gasteiger partial charge in [-0.1, -0.05) is 28.9 Å². The number of aryl methyl sites for hydroxylation is 1. The van der Waals surface area contributed by atoms with Crippen LogP contribution in [-0.2, 0) is 6.54 Å². The highest BCUT2D eigenvalue weighted by Crippen LogP contribution is 2.18. The van der Waals surface area contributed by atoms with Crippen molar-refractivity contribution in [1.29, 1.82) is 0 Å². The Balaban J connectivity index is 1.62. The van der Waals surface area contributed by atoms with E-state index in [4.69, 9.17) is 16.1 Å². The van der Waals surface area contributed by atoms with Crippen molar-refractivity contribution in [3.8, 4) is 0 Å². The number of halogens is 1. The molecule has 0 saturated carbocycles. The van der Waals surface area contributed by atoms with E-state index in [1.807, 2.05) is 30.0 Å². The van der Waals surface area contributed by atoms with Crippen molar-refractivity contribution in [3.05, 3.63) is 52.4 Å².